The topological polar surface area (TPSA) is 12.4 Å². The molecule has 0 radical (unpaired) electrons. The van der Waals surface area contributed by atoms with E-state index in [4.69, 9.17) is 11.6 Å². The van der Waals surface area contributed by atoms with Crippen molar-refractivity contribution in [2.75, 3.05) is 0 Å². The number of rotatable bonds is 5. The molecular formula is C12H18ClN. The van der Waals surface area contributed by atoms with Gasteiger partial charge in [0.2, 0.25) is 0 Å². The summed E-state index contributed by atoms with van der Waals surface area (Å²) in [6.07, 6.45) is 10.3. The van der Waals surface area contributed by atoms with E-state index < -0.39 is 0 Å². The highest BCUT2D eigenvalue weighted by atomic mass is 35.5. The van der Waals surface area contributed by atoms with Gasteiger partial charge >= 0.3 is 0 Å². The molecule has 0 aromatic heterocycles. The number of halogens is 1. The van der Waals surface area contributed by atoms with Crippen molar-refractivity contribution in [3.63, 3.8) is 0 Å². The summed E-state index contributed by atoms with van der Waals surface area (Å²) >= 11 is 5.65. The average molecular weight is 212 g/mol. The molecule has 1 aliphatic carbocycles. The van der Waals surface area contributed by atoms with Gasteiger partial charge in [0.25, 0.3) is 0 Å². The Balaban J connectivity index is 2.33. The molecule has 0 aromatic rings. The molecule has 2 heteroatoms. The van der Waals surface area contributed by atoms with Gasteiger partial charge in [0.05, 0.1) is 0 Å². The lowest BCUT2D eigenvalue weighted by atomic mass is 9.81. The largest absolute Gasteiger partial charge is 0.249 e. The minimum absolute atomic E-state index is 0.577. The molecule has 1 nitrogen and oxygen atoms in total. The van der Waals surface area contributed by atoms with Crippen molar-refractivity contribution in [3.8, 4) is 0 Å². The van der Waals surface area contributed by atoms with E-state index in [2.05, 4.69) is 11.6 Å². The van der Waals surface area contributed by atoms with Crippen LogP contribution in [0.15, 0.2) is 29.4 Å². The highest BCUT2D eigenvalue weighted by molar-refractivity contribution is 6.64. The standard InChI is InChI=1S/C12H18ClN/c1-3-11(9-14-10(2)13)7-8-12-5-4-6-12/h3,9,12H,1,4-8H2,2H3/b11-9+,14-10?. The molecule has 0 amide bonds. The van der Waals surface area contributed by atoms with Crippen LogP contribution in [0.5, 0.6) is 0 Å². The lowest BCUT2D eigenvalue weighted by molar-refractivity contribution is 0.297. The Morgan fingerprint density at radius 1 is 1.57 bits per heavy atom. The predicted molar refractivity (Wildman–Crippen MR) is 63.8 cm³/mol. The summed E-state index contributed by atoms with van der Waals surface area (Å²) in [6.45, 7) is 5.56. The Labute approximate surface area is 91.6 Å². The van der Waals surface area contributed by atoms with Crippen molar-refractivity contribution in [2.24, 2.45) is 10.9 Å². The molecule has 0 unspecified atom stereocenters. The fourth-order valence-electron chi connectivity index (χ4n) is 1.54. The van der Waals surface area contributed by atoms with E-state index in [0.29, 0.717) is 5.17 Å². The van der Waals surface area contributed by atoms with Gasteiger partial charge in [-0.05, 0) is 31.3 Å². The number of hydrogen-bond acceptors (Lipinski definition) is 1. The molecule has 1 fully saturated rings. The van der Waals surface area contributed by atoms with E-state index in [1.54, 1.807) is 6.92 Å². The third kappa shape index (κ3) is 4.10. The SMILES string of the molecule is C=C/C(=C\N=C(C)Cl)CCC1CCC1. The van der Waals surface area contributed by atoms with Gasteiger partial charge in [-0.3, -0.25) is 0 Å². The van der Waals surface area contributed by atoms with E-state index in [-0.39, 0.29) is 0 Å². The molecule has 0 saturated heterocycles. The fourth-order valence-corrected chi connectivity index (χ4v) is 1.59. The highest BCUT2D eigenvalue weighted by Gasteiger charge is 2.16. The molecule has 0 atom stereocenters. The van der Waals surface area contributed by atoms with Crippen LogP contribution < -0.4 is 0 Å². The number of nitrogens with zero attached hydrogens (tertiary/aromatic N) is 1. The molecule has 0 N–H and O–H groups in total. The highest BCUT2D eigenvalue weighted by Crippen LogP contribution is 2.31. The van der Waals surface area contributed by atoms with Crippen molar-refractivity contribution in [1.82, 2.24) is 0 Å². The quantitative estimate of drug-likeness (QED) is 0.475. The Morgan fingerprint density at radius 2 is 2.29 bits per heavy atom. The van der Waals surface area contributed by atoms with Crippen LogP contribution in [0.1, 0.15) is 39.0 Å². The summed E-state index contributed by atoms with van der Waals surface area (Å²) < 4.78 is 0. The first-order valence-electron chi connectivity index (χ1n) is 5.23. The Hall–Kier alpha value is -0.560. The van der Waals surface area contributed by atoms with Crippen molar-refractivity contribution < 1.29 is 0 Å². The van der Waals surface area contributed by atoms with E-state index in [1.807, 2.05) is 12.3 Å². The van der Waals surface area contributed by atoms with Gasteiger partial charge in [-0.15, -0.1) is 0 Å². The monoisotopic (exact) mass is 211 g/mol. The zero-order chi connectivity index (χ0) is 10.4. The first-order chi connectivity index (χ1) is 6.72. The molecule has 0 spiro atoms. The molecule has 0 heterocycles. The summed E-state index contributed by atoms with van der Waals surface area (Å²) in [5.74, 6) is 0.944. The van der Waals surface area contributed by atoms with Crippen LogP contribution in [-0.4, -0.2) is 5.17 Å². The van der Waals surface area contributed by atoms with Crippen LogP contribution in [0.4, 0.5) is 0 Å². The lowest BCUT2D eigenvalue weighted by Gasteiger charge is -2.25. The second-order valence-electron chi connectivity index (χ2n) is 3.87. The van der Waals surface area contributed by atoms with Crippen LogP contribution in [0.3, 0.4) is 0 Å². The van der Waals surface area contributed by atoms with E-state index >= 15 is 0 Å². The third-order valence-corrected chi connectivity index (χ3v) is 2.83. The van der Waals surface area contributed by atoms with Crippen molar-refractivity contribution in [3.05, 3.63) is 24.4 Å². The van der Waals surface area contributed by atoms with Gasteiger partial charge < -0.3 is 0 Å². The van der Waals surface area contributed by atoms with Gasteiger partial charge in [0.15, 0.2) is 0 Å². The first-order valence-corrected chi connectivity index (χ1v) is 5.61. The Bertz CT molecular complexity index is 245. The fraction of sp³-hybridized carbons (Fsp3) is 0.583. The second kappa shape index (κ2) is 6.02. The maximum absolute atomic E-state index is 5.65. The minimum atomic E-state index is 0.577. The Kier molecular flexibility index (Phi) is 4.95. The molecule has 0 aromatic carbocycles. The lowest BCUT2D eigenvalue weighted by Crippen LogP contribution is -2.10. The van der Waals surface area contributed by atoms with Crippen molar-refractivity contribution in [2.45, 2.75) is 39.0 Å². The smallest absolute Gasteiger partial charge is 0.103 e. The summed E-state index contributed by atoms with van der Waals surface area (Å²) in [5.41, 5.74) is 1.19. The maximum Gasteiger partial charge on any atom is 0.103 e. The van der Waals surface area contributed by atoms with Crippen molar-refractivity contribution in [1.29, 1.82) is 0 Å². The molecule has 1 rings (SSSR count). The average Bonchev–Trinajstić information content (AvgIpc) is 2.07. The number of allylic oxidation sites excluding steroid dienone is 2. The van der Waals surface area contributed by atoms with Crippen LogP contribution in [0.2, 0.25) is 0 Å². The molecule has 1 saturated carbocycles. The molecule has 0 bridgehead atoms. The Morgan fingerprint density at radius 3 is 2.71 bits per heavy atom. The van der Waals surface area contributed by atoms with Crippen LogP contribution in [-0.2, 0) is 0 Å². The summed E-state index contributed by atoms with van der Waals surface area (Å²) in [4.78, 5) is 4.07. The molecule has 78 valence electrons. The summed E-state index contributed by atoms with van der Waals surface area (Å²) in [7, 11) is 0. The summed E-state index contributed by atoms with van der Waals surface area (Å²) in [5, 5.41) is 0.577. The second-order valence-corrected chi connectivity index (χ2v) is 4.42. The zero-order valence-electron chi connectivity index (χ0n) is 8.80. The normalized spacial score (nSPS) is 19.3. The number of hydrogen-bond donors (Lipinski definition) is 0. The first kappa shape index (κ1) is 11.5. The van der Waals surface area contributed by atoms with E-state index in [9.17, 15) is 0 Å². The molecule has 1 aliphatic rings. The minimum Gasteiger partial charge on any atom is -0.249 e. The van der Waals surface area contributed by atoms with Gasteiger partial charge in [0, 0.05) is 6.20 Å². The van der Waals surface area contributed by atoms with Gasteiger partial charge in [0.1, 0.15) is 5.17 Å². The molecular weight excluding hydrogens is 194 g/mol. The van der Waals surface area contributed by atoms with Gasteiger partial charge in [-0.1, -0.05) is 43.5 Å². The molecule has 14 heavy (non-hydrogen) atoms. The van der Waals surface area contributed by atoms with E-state index in [0.717, 1.165) is 12.3 Å². The summed E-state index contributed by atoms with van der Waals surface area (Å²) in [6, 6.07) is 0. The van der Waals surface area contributed by atoms with Crippen molar-refractivity contribution >= 4 is 16.8 Å². The third-order valence-electron chi connectivity index (χ3n) is 2.74. The van der Waals surface area contributed by atoms with Crippen LogP contribution >= 0.6 is 11.6 Å². The number of aliphatic imine (C=N–C) groups is 1. The maximum atomic E-state index is 5.65. The van der Waals surface area contributed by atoms with Crippen LogP contribution in [0, 0.1) is 5.92 Å². The zero-order valence-corrected chi connectivity index (χ0v) is 9.56. The molecule has 0 aliphatic heterocycles. The predicted octanol–water partition coefficient (Wildman–Crippen LogP) is 4.29. The van der Waals surface area contributed by atoms with Gasteiger partial charge in [-0.2, -0.15) is 0 Å². The van der Waals surface area contributed by atoms with E-state index in [1.165, 1.54) is 31.3 Å². The van der Waals surface area contributed by atoms with Crippen LogP contribution in [0.25, 0.3) is 0 Å². The van der Waals surface area contributed by atoms with Gasteiger partial charge in [-0.25, -0.2) is 4.99 Å².